The quantitative estimate of drug-likeness (QED) is 0.857. The van der Waals surface area contributed by atoms with Gasteiger partial charge in [0.05, 0.1) is 23.2 Å². The van der Waals surface area contributed by atoms with Gasteiger partial charge in [-0.3, -0.25) is 4.79 Å². The molecule has 0 radical (unpaired) electrons. The second-order valence-corrected chi connectivity index (χ2v) is 5.43. The van der Waals surface area contributed by atoms with Gasteiger partial charge in [0.25, 0.3) is 0 Å². The van der Waals surface area contributed by atoms with Crippen LogP contribution in [0.1, 0.15) is 37.8 Å². The second-order valence-electron chi connectivity index (χ2n) is 4.71. The minimum Gasteiger partial charge on any atom is -0.350 e. The molecule has 1 aliphatic carbocycles. The fourth-order valence-corrected chi connectivity index (χ4v) is 2.99. The Balaban J connectivity index is 1.93. The van der Waals surface area contributed by atoms with E-state index < -0.39 is 0 Å². The van der Waals surface area contributed by atoms with Crippen molar-refractivity contribution in [1.29, 1.82) is 0 Å². The average molecular weight is 253 g/mol. The molecule has 1 heterocycles. The van der Waals surface area contributed by atoms with Gasteiger partial charge in [-0.25, -0.2) is 4.98 Å². The van der Waals surface area contributed by atoms with Crippen LogP contribution in [0.15, 0.2) is 10.9 Å². The number of nitrogens with one attached hydrogen (secondary N) is 1. The van der Waals surface area contributed by atoms with Gasteiger partial charge >= 0.3 is 0 Å². The smallest absolute Gasteiger partial charge is 0.227 e. The summed E-state index contributed by atoms with van der Waals surface area (Å²) in [4.78, 5) is 16.4. The van der Waals surface area contributed by atoms with Gasteiger partial charge in [-0.1, -0.05) is 19.3 Å². The molecule has 0 atom stereocenters. The first-order valence-electron chi connectivity index (χ1n) is 6.12. The molecule has 0 saturated heterocycles. The van der Waals surface area contributed by atoms with Crippen molar-refractivity contribution < 1.29 is 4.79 Å². The maximum Gasteiger partial charge on any atom is 0.227 e. The maximum atomic E-state index is 12.2. The number of carbonyl (C=O) groups excluding carboxylic acids is 1. The van der Waals surface area contributed by atoms with E-state index in [-0.39, 0.29) is 11.3 Å². The van der Waals surface area contributed by atoms with Gasteiger partial charge in [0, 0.05) is 11.9 Å². The molecule has 0 aromatic carbocycles. The van der Waals surface area contributed by atoms with E-state index in [0.717, 1.165) is 31.4 Å². The molecule has 5 heteroatoms. The highest BCUT2D eigenvalue weighted by Gasteiger charge is 2.37. The van der Waals surface area contributed by atoms with Crippen LogP contribution >= 0.6 is 11.3 Å². The number of amides is 1. The molecule has 0 aliphatic heterocycles. The molecule has 17 heavy (non-hydrogen) atoms. The topological polar surface area (TPSA) is 68.0 Å². The summed E-state index contributed by atoms with van der Waals surface area (Å²) >= 11 is 1.54. The lowest BCUT2D eigenvalue weighted by molar-refractivity contribution is -0.132. The van der Waals surface area contributed by atoms with Crippen LogP contribution in [0.4, 0.5) is 0 Å². The van der Waals surface area contributed by atoms with Crippen LogP contribution < -0.4 is 11.1 Å². The highest BCUT2D eigenvalue weighted by Crippen LogP contribution is 2.35. The highest BCUT2D eigenvalue weighted by molar-refractivity contribution is 7.07. The number of rotatable bonds is 4. The summed E-state index contributed by atoms with van der Waals surface area (Å²) in [7, 11) is 0. The monoisotopic (exact) mass is 253 g/mol. The third kappa shape index (κ3) is 2.84. The standard InChI is InChI=1S/C12H19N3OS/c13-8-12(4-2-1-3-5-12)11(16)14-6-10-7-17-9-15-10/h7,9H,1-6,8,13H2,(H,14,16). The van der Waals surface area contributed by atoms with E-state index in [0.29, 0.717) is 13.1 Å². The lowest BCUT2D eigenvalue weighted by Gasteiger charge is -2.34. The summed E-state index contributed by atoms with van der Waals surface area (Å²) in [6, 6.07) is 0. The number of carbonyl (C=O) groups is 1. The molecule has 1 aromatic rings. The van der Waals surface area contributed by atoms with Crippen LogP contribution in [0.5, 0.6) is 0 Å². The molecule has 1 aromatic heterocycles. The van der Waals surface area contributed by atoms with Gasteiger partial charge in [-0.05, 0) is 12.8 Å². The Kier molecular flexibility index (Phi) is 4.12. The van der Waals surface area contributed by atoms with Gasteiger partial charge in [-0.2, -0.15) is 0 Å². The first-order valence-corrected chi connectivity index (χ1v) is 7.06. The maximum absolute atomic E-state index is 12.2. The third-order valence-electron chi connectivity index (χ3n) is 3.60. The summed E-state index contributed by atoms with van der Waals surface area (Å²) in [6.45, 7) is 0.972. The lowest BCUT2D eigenvalue weighted by Crippen LogP contribution is -2.46. The molecule has 0 unspecified atom stereocenters. The van der Waals surface area contributed by atoms with Crippen molar-refractivity contribution in [2.45, 2.75) is 38.6 Å². The van der Waals surface area contributed by atoms with Crippen LogP contribution in [-0.2, 0) is 11.3 Å². The van der Waals surface area contributed by atoms with Crippen molar-refractivity contribution in [1.82, 2.24) is 10.3 Å². The molecular formula is C12H19N3OS. The second kappa shape index (κ2) is 5.60. The van der Waals surface area contributed by atoms with Crippen molar-refractivity contribution in [2.75, 3.05) is 6.54 Å². The number of hydrogen-bond acceptors (Lipinski definition) is 4. The summed E-state index contributed by atoms with van der Waals surface area (Å²) in [6.07, 6.45) is 5.29. The Morgan fingerprint density at radius 3 is 2.82 bits per heavy atom. The van der Waals surface area contributed by atoms with Crippen molar-refractivity contribution >= 4 is 17.2 Å². The van der Waals surface area contributed by atoms with Gasteiger partial charge in [0.2, 0.25) is 5.91 Å². The van der Waals surface area contributed by atoms with Crippen LogP contribution in [-0.4, -0.2) is 17.4 Å². The SMILES string of the molecule is NCC1(C(=O)NCc2cscn2)CCCCC1. The zero-order valence-corrected chi connectivity index (χ0v) is 10.8. The van der Waals surface area contributed by atoms with E-state index in [1.54, 1.807) is 16.8 Å². The summed E-state index contributed by atoms with van der Waals surface area (Å²) < 4.78 is 0. The zero-order valence-electron chi connectivity index (χ0n) is 9.95. The Morgan fingerprint density at radius 1 is 1.47 bits per heavy atom. The van der Waals surface area contributed by atoms with Gasteiger partial charge in [0.15, 0.2) is 0 Å². The van der Waals surface area contributed by atoms with Gasteiger partial charge in [-0.15, -0.1) is 11.3 Å². The highest BCUT2D eigenvalue weighted by atomic mass is 32.1. The normalized spacial score (nSPS) is 18.9. The Hall–Kier alpha value is -0.940. The minimum absolute atomic E-state index is 0.104. The van der Waals surface area contributed by atoms with Crippen LogP contribution in [0.2, 0.25) is 0 Å². The molecular weight excluding hydrogens is 234 g/mol. The molecule has 1 aliphatic rings. The van der Waals surface area contributed by atoms with E-state index in [1.165, 1.54) is 6.42 Å². The first kappa shape index (κ1) is 12.5. The average Bonchev–Trinajstić information content (AvgIpc) is 2.90. The molecule has 0 spiro atoms. The fourth-order valence-electron chi connectivity index (χ4n) is 2.44. The van der Waals surface area contributed by atoms with Crippen molar-refractivity contribution in [3.05, 3.63) is 16.6 Å². The Labute approximate surface area is 106 Å². The van der Waals surface area contributed by atoms with Gasteiger partial charge < -0.3 is 11.1 Å². The molecule has 2 rings (SSSR count). The fraction of sp³-hybridized carbons (Fsp3) is 0.667. The zero-order chi connectivity index (χ0) is 12.1. The predicted molar refractivity (Wildman–Crippen MR) is 68.5 cm³/mol. The molecule has 94 valence electrons. The lowest BCUT2D eigenvalue weighted by atomic mass is 9.73. The summed E-state index contributed by atoms with van der Waals surface area (Å²) in [5, 5.41) is 4.93. The van der Waals surface area contributed by atoms with Crippen LogP contribution in [0.3, 0.4) is 0 Å². The molecule has 3 N–H and O–H groups in total. The van der Waals surface area contributed by atoms with Crippen molar-refractivity contribution in [3.8, 4) is 0 Å². The Morgan fingerprint density at radius 2 is 2.24 bits per heavy atom. The first-order chi connectivity index (χ1) is 8.27. The number of nitrogens with zero attached hydrogens (tertiary/aromatic N) is 1. The molecule has 4 nitrogen and oxygen atoms in total. The Bertz CT molecular complexity index is 358. The number of aromatic nitrogens is 1. The van der Waals surface area contributed by atoms with E-state index in [2.05, 4.69) is 10.3 Å². The summed E-state index contributed by atoms with van der Waals surface area (Å²) in [5.41, 5.74) is 8.19. The van der Waals surface area contributed by atoms with E-state index in [4.69, 9.17) is 5.73 Å². The summed E-state index contributed by atoms with van der Waals surface area (Å²) in [5.74, 6) is 0.104. The van der Waals surface area contributed by atoms with Crippen molar-refractivity contribution in [3.63, 3.8) is 0 Å². The number of thiazole rings is 1. The van der Waals surface area contributed by atoms with Crippen LogP contribution in [0, 0.1) is 5.41 Å². The van der Waals surface area contributed by atoms with E-state index in [1.807, 2.05) is 5.38 Å². The third-order valence-corrected chi connectivity index (χ3v) is 4.23. The van der Waals surface area contributed by atoms with Crippen LogP contribution in [0.25, 0.3) is 0 Å². The molecule has 0 bridgehead atoms. The molecule has 1 saturated carbocycles. The van der Waals surface area contributed by atoms with Gasteiger partial charge in [0.1, 0.15) is 0 Å². The minimum atomic E-state index is -0.325. The predicted octanol–water partition coefficient (Wildman–Crippen LogP) is 1.67. The van der Waals surface area contributed by atoms with E-state index >= 15 is 0 Å². The molecule has 1 amide bonds. The number of nitrogens with two attached hydrogens (primary N) is 1. The van der Waals surface area contributed by atoms with E-state index in [9.17, 15) is 4.79 Å². The van der Waals surface area contributed by atoms with Crippen molar-refractivity contribution in [2.24, 2.45) is 11.1 Å². The largest absolute Gasteiger partial charge is 0.350 e. The number of hydrogen-bond donors (Lipinski definition) is 2. The molecule has 1 fully saturated rings.